The number of aryl methyl sites for hydroxylation is 1. The summed E-state index contributed by atoms with van der Waals surface area (Å²) in [6.45, 7) is 1.92. The maximum Gasteiger partial charge on any atom is 2.00 e. The molecule has 4 heteroatoms. The maximum atomic E-state index is 10.9. The molecule has 0 fully saturated rings. The summed E-state index contributed by atoms with van der Waals surface area (Å²) >= 11 is 0. The minimum atomic E-state index is -0.0619. The Morgan fingerprint density at radius 1 is 1.33 bits per heavy atom. The topological polar surface area (TPSA) is 32.3 Å². The summed E-state index contributed by atoms with van der Waals surface area (Å²) in [6, 6.07) is 5.00. The van der Waals surface area contributed by atoms with Crippen LogP contribution in [0.3, 0.4) is 0 Å². The van der Waals surface area contributed by atoms with Gasteiger partial charge in [0.25, 0.3) is 0 Å². The smallest absolute Gasteiger partial charge is 1.00 e. The molecule has 1 rings (SSSR count). The van der Waals surface area contributed by atoms with E-state index in [4.69, 9.17) is 4.74 Å². The third kappa shape index (κ3) is 3.65. The monoisotopic (exact) mass is 240 g/mol. The van der Waals surface area contributed by atoms with Crippen molar-refractivity contribution < 1.29 is 26.8 Å². The number of methoxy groups -OCH3 is 1. The molecule has 1 aromatic carbocycles. The predicted molar refractivity (Wildman–Crippen MR) is 42.9 cm³/mol. The number of benzene rings is 1. The molecule has 12 heavy (non-hydrogen) atoms. The molecule has 0 saturated heterocycles. The second-order valence-electron chi connectivity index (χ2n) is 2.15. The number of hydrogen-bond donors (Lipinski definition) is 0. The van der Waals surface area contributed by atoms with Gasteiger partial charge >= 0.3 is 23.1 Å². The third-order valence-corrected chi connectivity index (χ3v) is 1.32. The van der Waals surface area contributed by atoms with Crippen LogP contribution in [0, 0.1) is 6.92 Å². The van der Waals surface area contributed by atoms with Crippen LogP contribution in [0.2, 0.25) is 0 Å². The summed E-state index contributed by atoms with van der Waals surface area (Å²) < 4.78 is 4.81. The van der Waals surface area contributed by atoms with Crippen LogP contribution in [0.15, 0.2) is 18.2 Å². The van der Waals surface area contributed by atoms with Crippen LogP contribution >= 0.6 is 0 Å². The molecule has 0 amide bonds. The van der Waals surface area contributed by atoms with E-state index in [0.29, 0.717) is 5.75 Å². The summed E-state index contributed by atoms with van der Waals surface area (Å²) in [4.78, 5) is 0. The van der Waals surface area contributed by atoms with Gasteiger partial charge in [-0.25, -0.2) is 0 Å². The summed E-state index contributed by atoms with van der Waals surface area (Å²) in [7, 11) is 1.50. The van der Waals surface area contributed by atoms with E-state index in [-0.39, 0.29) is 45.8 Å². The zero-order valence-corrected chi connectivity index (χ0v) is 10.1. The van der Waals surface area contributed by atoms with E-state index in [1.165, 1.54) is 13.2 Å². The van der Waals surface area contributed by atoms with Gasteiger partial charge in [0, 0.05) is 0 Å². The van der Waals surface area contributed by atoms with Crippen molar-refractivity contribution in [2.45, 2.75) is 6.92 Å². The van der Waals surface area contributed by atoms with Crippen LogP contribution in [0.5, 0.6) is 11.5 Å². The predicted octanol–water partition coefficient (Wildman–Crippen LogP) is -2.30. The van der Waals surface area contributed by atoms with Crippen molar-refractivity contribution in [1.82, 2.24) is 0 Å². The number of hydrogen-bond acceptors (Lipinski definition) is 2. The van der Waals surface area contributed by atoms with Crippen molar-refractivity contribution in [3.05, 3.63) is 23.8 Å². The van der Waals surface area contributed by atoms with Crippen LogP contribution in [-0.2, 0) is 0 Å². The van der Waals surface area contributed by atoms with Gasteiger partial charge in [0.1, 0.15) is 5.75 Å². The average Bonchev–Trinajstić information content (AvgIpc) is 1.94. The molecule has 1 aromatic rings. The van der Waals surface area contributed by atoms with E-state index < -0.39 is 0 Å². The van der Waals surface area contributed by atoms with E-state index in [1.807, 2.05) is 6.92 Å². The molecule has 0 aliphatic heterocycles. The van der Waals surface area contributed by atoms with Crippen LogP contribution < -0.4 is 26.8 Å². The van der Waals surface area contributed by atoms with Crippen molar-refractivity contribution in [1.29, 1.82) is 0 Å². The van der Waals surface area contributed by atoms with Gasteiger partial charge in [-0.2, -0.15) is 0 Å². The Kier molecular flexibility index (Phi) is 7.98. The SMILES string of the molecule is COc1cc(C)ccc1[O-].[Br-].[Mg+2]. The molecule has 0 atom stereocenters. The minimum Gasteiger partial charge on any atom is -1.00 e. The van der Waals surface area contributed by atoms with Crippen molar-refractivity contribution >= 4 is 23.1 Å². The molecular weight excluding hydrogens is 232 g/mol. The first-order valence-electron chi connectivity index (χ1n) is 3.05. The first-order valence-corrected chi connectivity index (χ1v) is 3.05. The molecule has 62 valence electrons. The van der Waals surface area contributed by atoms with Crippen molar-refractivity contribution in [2.24, 2.45) is 0 Å². The molecule has 0 heterocycles. The van der Waals surface area contributed by atoms with Gasteiger partial charge in [-0.15, -0.1) is 0 Å². The van der Waals surface area contributed by atoms with E-state index in [9.17, 15) is 5.11 Å². The fraction of sp³-hybridized carbons (Fsp3) is 0.250. The zero-order chi connectivity index (χ0) is 7.56. The summed E-state index contributed by atoms with van der Waals surface area (Å²) in [6.07, 6.45) is 0. The molecule has 0 saturated carbocycles. The second-order valence-corrected chi connectivity index (χ2v) is 2.15. The molecule has 0 aromatic heterocycles. The van der Waals surface area contributed by atoms with E-state index in [0.717, 1.165) is 5.56 Å². The van der Waals surface area contributed by atoms with E-state index >= 15 is 0 Å². The summed E-state index contributed by atoms with van der Waals surface area (Å²) in [5.41, 5.74) is 1.04. The Morgan fingerprint density at radius 2 is 1.92 bits per heavy atom. The molecule has 0 aliphatic carbocycles. The van der Waals surface area contributed by atoms with Gasteiger partial charge in [-0.3, -0.25) is 0 Å². The quantitative estimate of drug-likeness (QED) is 0.518. The Bertz CT molecular complexity index is 240. The molecule has 0 bridgehead atoms. The van der Waals surface area contributed by atoms with Gasteiger partial charge in [0.15, 0.2) is 0 Å². The van der Waals surface area contributed by atoms with Gasteiger partial charge in [-0.05, 0) is 18.6 Å². The second kappa shape index (κ2) is 6.57. The average molecular weight is 241 g/mol. The largest absolute Gasteiger partial charge is 2.00 e. The first kappa shape index (κ1) is 14.6. The standard InChI is InChI=1S/C8H10O2.BrH.Mg/c1-6-3-4-7(9)8(5-6)10-2;;/h3-5,9H,1-2H3;1H;/q;;+2/p-2. The molecule has 0 N–H and O–H groups in total. The van der Waals surface area contributed by atoms with Crippen LogP contribution in [0.25, 0.3) is 0 Å². The van der Waals surface area contributed by atoms with Gasteiger partial charge < -0.3 is 26.8 Å². The molecule has 0 aliphatic rings. The number of rotatable bonds is 1. The van der Waals surface area contributed by atoms with Gasteiger partial charge in [0.2, 0.25) is 0 Å². The zero-order valence-electron chi connectivity index (χ0n) is 7.13. The van der Waals surface area contributed by atoms with Crippen LogP contribution in [-0.4, -0.2) is 30.2 Å². The Balaban J connectivity index is 0. The van der Waals surface area contributed by atoms with E-state index in [1.54, 1.807) is 12.1 Å². The van der Waals surface area contributed by atoms with E-state index in [2.05, 4.69) is 0 Å². The molecule has 0 unspecified atom stereocenters. The molecule has 2 nitrogen and oxygen atoms in total. The molecular formula is C8H9BrMgO2. The van der Waals surface area contributed by atoms with Crippen molar-refractivity contribution in [3.63, 3.8) is 0 Å². The minimum absolute atomic E-state index is 0. The van der Waals surface area contributed by atoms with Crippen LogP contribution in [0.1, 0.15) is 5.56 Å². The third-order valence-electron chi connectivity index (χ3n) is 1.32. The molecule has 0 radical (unpaired) electrons. The van der Waals surface area contributed by atoms with Crippen molar-refractivity contribution in [3.8, 4) is 11.5 Å². The van der Waals surface area contributed by atoms with Gasteiger partial charge in [-0.1, -0.05) is 17.9 Å². The maximum absolute atomic E-state index is 10.9. The fourth-order valence-corrected chi connectivity index (χ4v) is 0.775. The summed E-state index contributed by atoms with van der Waals surface area (Å²) in [5, 5.41) is 10.9. The van der Waals surface area contributed by atoms with Crippen molar-refractivity contribution in [2.75, 3.05) is 7.11 Å². The van der Waals surface area contributed by atoms with Crippen LogP contribution in [0.4, 0.5) is 0 Å². The Labute approximate surface area is 98.9 Å². The number of ether oxygens (including phenoxy) is 1. The van der Waals surface area contributed by atoms with Gasteiger partial charge in [0.05, 0.1) is 7.11 Å². The number of halogens is 1. The molecule has 0 spiro atoms. The normalized spacial score (nSPS) is 7.83. The Hall–Kier alpha value is 0.0662. The fourth-order valence-electron chi connectivity index (χ4n) is 0.775. The summed E-state index contributed by atoms with van der Waals surface area (Å²) in [5.74, 6) is 0.355. The first-order chi connectivity index (χ1) is 4.74. The Morgan fingerprint density at radius 3 is 2.33 bits per heavy atom.